The number of nitrogen functional groups attached to an aromatic ring is 1. The normalized spacial score (nSPS) is 10.5. The van der Waals surface area contributed by atoms with Gasteiger partial charge in [-0.3, -0.25) is 0 Å². The van der Waals surface area contributed by atoms with Gasteiger partial charge in [0.25, 0.3) is 0 Å². The highest BCUT2D eigenvalue weighted by Crippen LogP contribution is 2.31. The Morgan fingerprint density at radius 3 is 2.57 bits per heavy atom. The van der Waals surface area contributed by atoms with Crippen LogP contribution in [0.3, 0.4) is 0 Å². The molecular formula is C18H14ClF2N5O2. The number of nitrogens with one attached hydrogen (secondary N) is 1. The molecule has 7 nitrogen and oxygen atoms in total. The number of hydrogen-bond donors (Lipinski definition) is 2. The van der Waals surface area contributed by atoms with Crippen LogP contribution in [0.25, 0.3) is 0 Å². The topological polar surface area (TPSA) is 102 Å². The summed E-state index contributed by atoms with van der Waals surface area (Å²) in [4.78, 5) is 18.5. The first-order valence-corrected chi connectivity index (χ1v) is 8.37. The molecule has 0 fully saturated rings. The van der Waals surface area contributed by atoms with Crippen LogP contribution in [-0.4, -0.2) is 9.97 Å². The number of nitroso groups, excluding NO2 is 1. The minimum atomic E-state index is -0.686. The minimum Gasteiger partial charge on any atom is -0.487 e. The van der Waals surface area contributed by atoms with E-state index in [2.05, 4.69) is 20.5 Å². The van der Waals surface area contributed by atoms with Crippen LogP contribution in [0, 0.1) is 16.5 Å². The summed E-state index contributed by atoms with van der Waals surface area (Å²) in [5.74, 6) is -0.575. The summed E-state index contributed by atoms with van der Waals surface area (Å²) in [6.07, 6.45) is 1.25. The van der Waals surface area contributed by atoms with Crippen LogP contribution < -0.4 is 15.8 Å². The highest BCUT2D eigenvalue weighted by Gasteiger charge is 2.11. The molecule has 0 saturated carbocycles. The summed E-state index contributed by atoms with van der Waals surface area (Å²) in [6, 6.07) is 7.95. The average molecular weight is 406 g/mol. The Kier molecular flexibility index (Phi) is 5.95. The fourth-order valence-electron chi connectivity index (χ4n) is 2.44. The lowest BCUT2D eigenvalue weighted by Crippen LogP contribution is -2.05. The third kappa shape index (κ3) is 4.68. The molecule has 0 atom stereocenters. The molecule has 0 aliphatic carbocycles. The lowest BCUT2D eigenvalue weighted by atomic mass is 10.2. The van der Waals surface area contributed by atoms with Gasteiger partial charge in [-0.15, -0.1) is 0 Å². The van der Waals surface area contributed by atoms with Gasteiger partial charge in [0.05, 0.1) is 10.6 Å². The summed E-state index contributed by atoms with van der Waals surface area (Å²) in [6.45, 7) is -0.243. The zero-order valence-electron chi connectivity index (χ0n) is 14.3. The van der Waals surface area contributed by atoms with Gasteiger partial charge in [-0.05, 0) is 35.9 Å². The van der Waals surface area contributed by atoms with Crippen molar-refractivity contribution in [1.82, 2.24) is 9.97 Å². The summed E-state index contributed by atoms with van der Waals surface area (Å²) >= 11 is 6.22. The van der Waals surface area contributed by atoms with Gasteiger partial charge in [-0.1, -0.05) is 16.8 Å². The van der Waals surface area contributed by atoms with Crippen molar-refractivity contribution < 1.29 is 13.5 Å². The molecule has 0 unspecified atom stereocenters. The summed E-state index contributed by atoms with van der Waals surface area (Å²) in [5.41, 5.74) is 6.99. The molecule has 0 radical (unpaired) electrons. The Balaban J connectivity index is 1.74. The van der Waals surface area contributed by atoms with Crippen LogP contribution >= 0.6 is 11.6 Å². The van der Waals surface area contributed by atoms with Crippen LogP contribution in [0.1, 0.15) is 11.1 Å². The van der Waals surface area contributed by atoms with E-state index in [1.54, 1.807) is 18.2 Å². The molecule has 0 spiro atoms. The Morgan fingerprint density at radius 1 is 1.14 bits per heavy atom. The fraction of sp³-hybridized carbons (Fsp3) is 0.111. The third-order valence-corrected chi connectivity index (χ3v) is 4.01. The van der Waals surface area contributed by atoms with Crippen molar-refractivity contribution in [2.24, 2.45) is 5.18 Å². The number of rotatable bonds is 7. The summed E-state index contributed by atoms with van der Waals surface area (Å²) in [7, 11) is 0. The molecule has 144 valence electrons. The van der Waals surface area contributed by atoms with E-state index in [-0.39, 0.29) is 24.0 Å². The maximum Gasteiger partial charge on any atom is 0.141 e. The van der Waals surface area contributed by atoms with E-state index in [1.165, 1.54) is 18.5 Å². The lowest BCUT2D eigenvalue weighted by Gasteiger charge is -2.13. The van der Waals surface area contributed by atoms with Crippen LogP contribution in [0.5, 0.6) is 5.75 Å². The largest absolute Gasteiger partial charge is 0.487 e. The van der Waals surface area contributed by atoms with Gasteiger partial charge in [0, 0.05) is 11.8 Å². The second kappa shape index (κ2) is 8.57. The fourth-order valence-corrected chi connectivity index (χ4v) is 2.68. The molecule has 3 N–H and O–H groups in total. The molecule has 1 heterocycles. The minimum absolute atomic E-state index is 0.0568. The molecule has 0 amide bonds. The molecule has 0 aliphatic heterocycles. The van der Waals surface area contributed by atoms with Gasteiger partial charge in [-0.25, -0.2) is 18.7 Å². The quantitative estimate of drug-likeness (QED) is 0.558. The van der Waals surface area contributed by atoms with Crippen molar-refractivity contribution in [3.8, 4) is 5.75 Å². The Labute approximate surface area is 163 Å². The SMILES string of the molecule is Nc1ncnc(Nc2ccc(OCc3cc(F)cc(F)c3)c(Cl)c2)c1CN=O. The van der Waals surface area contributed by atoms with Gasteiger partial charge >= 0.3 is 0 Å². The third-order valence-electron chi connectivity index (χ3n) is 3.71. The van der Waals surface area contributed by atoms with Crippen LogP contribution in [0.4, 0.5) is 26.1 Å². The van der Waals surface area contributed by atoms with Crippen LogP contribution in [-0.2, 0) is 13.2 Å². The predicted octanol–water partition coefficient (Wildman–Crippen LogP) is 4.58. The highest BCUT2D eigenvalue weighted by atomic mass is 35.5. The number of benzene rings is 2. The second-order valence-corrected chi connectivity index (χ2v) is 6.12. The number of nitrogens with zero attached hydrogens (tertiary/aromatic N) is 3. The van der Waals surface area contributed by atoms with E-state index < -0.39 is 11.6 Å². The molecular weight excluding hydrogens is 392 g/mol. The van der Waals surface area contributed by atoms with E-state index in [0.717, 1.165) is 6.07 Å². The maximum atomic E-state index is 13.2. The molecule has 1 aromatic heterocycles. The van der Waals surface area contributed by atoms with Crippen molar-refractivity contribution in [2.45, 2.75) is 13.2 Å². The molecule has 3 rings (SSSR count). The van der Waals surface area contributed by atoms with Gasteiger partial charge in [0.1, 0.15) is 48.5 Å². The molecule has 3 aromatic rings. The number of ether oxygens (including phenoxy) is 1. The van der Waals surface area contributed by atoms with Gasteiger partial charge < -0.3 is 15.8 Å². The molecule has 0 saturated heterocycles. The number of halogens is 3. The van der Waals surface area contributed by atoms with Crippen molar-refractivity contribution >= 4 is 28.9 Å². The Hall–Kier alpha value is -3.33. The summed E-state index contributed by atoms with van der Waals surface area (Å²) < 4.78 is 32.0. The molecule has 10 heteroatoms. The Morgan fingerprint density at radius 2 is 1.89 bits per heavy atom. The lowest BCUT2D eigenvalue weighted by molar-refractivity contribution is 0.305. The van der Waals surface area contributed by atoms with E-state index in [4.69, 9.17) is 22.1 Å². The number of anilines is 3. The van der Waals surface area contributed by atoms with E-state index in [9.17, 15) is 13.7 Å². The smallest absolute Gasteiger partial charge is 0.141 e. The first-order valence-electron chi connectivity index (χ1n) is 7.99. The average Bonchev–Trinajstić information content (AvgIpc) is 2.63. The van der Waals surface area contributed by atoms with E-state index >= 15 is 0 Å². The zero-order valence-corrected chi connectivity index (χ0v) is 15.1. The summed E-state index contributed by atoms with van der Waals surface area (Å²) in [5, 5.41) is 6.07. The van der Waals surface area contributed by atoms with E-state index in [1.807, 2.05) is 0 Å². The predicted molar refractivity (Wildman–Crippen MR) is 101 cm³/mol. The first-order chi connectivity index (χ1) is 13.5. The van der Waals surface area contributed by atoms with Crippen molar-refractivity contribution in [1.29, 1.82) is 0 Å². The van der Waals surface area contributed by atoms with Crippen molar-refractivity contribution in [2.75, 3.05) is 11.1 Å². The standard InChI is InChI=1S/C18H14ClF2N5O2/c19-15-6-13(26-18-14(7-25-27)17(22)23-9-24-18)1-2-16(15)28-8-10-3-11(20)5-12(21)4-10/h1-6,9H,7-8H2,(H3,22,23,24,26). The maximum absolute atomic E-state index is 13.2. The van der Waals surface area contributed by atoms with Crippen molar-refractivity contribution in [3.05, 3.63) is 75.4 Å². The van der Waals surface area contributed by atoms with E-state index in [0.29, 0.717) is 28.4 Å². The highest BCUT2D eigenvalue weighted by molar-refractivity contribution is 6.32. The monoisotopic (exact) mass is 405 g/mol. The van der Waals surface area contributed by atoms with Crippen molar-refractivity contribution in [3.63, 3.8) is 0 Å². The second-order valence-electron chi connectivity index (χ2n) is 5.71. The molecule has 0 aliphatic rings. The first kappa shape index (κ1) is 19.4. The van der Waals surface area contributed by atoms with Gasteiger partial charge in [0.2, 0.25) is 0 Å². The van der Waals surface area contributed by atoms with Gasteiger partial charge in [-0.2, -0.15) is 4.91 Å². The van der Waals surface area contributed by atoms with Crippen LogP contribution in [0.2, 0.25) is 5.02 Å². The zero-order chi connectivity index (χ0) is 20.1. The van der Waals surface area contributed by atoms with Crippen LogP contribution in [0.15, 0.2) is 47.9 Å². The number of nitrogens with two attached hydrogens (primary N) is 1. The van der Waals surface area contributed by atoms with Gasteiger partial charge in [0.15, 0.2) is 0 Å². The Bertz CT molecular complexity index is 999. The number of hydrogen-bond acceptors (Lipinski definition) is 7. The molecule has 2 aromatic carbocycles. The number of aromatic nitrogens is 2. The molecule has 0 bridgehead atoms. The molecule has 28 heavy (non-hydrogen) atoms.